The van der Waals surface area contributed by atoms with Crippen molar-refractivity contribution < 1.29 is 9.53 Å². The van der Waals surface area contributed by atoms with Crippen LogP contribution in [0.1, 0.15) is 26.7 Å². The van der Waals surface area contributed by atoms with Gasteiger partial charge in [-0.1, -0.05) is 13.8 Å². The van der Waals surface area contributed by atoms with Crippen molar-refractivity contribution in [3.63, 3.8) is 0 Å². The van der Waals surface area contributed by atoms with Crippen LogP contribution in [0.25, 0.3) is 0 Å². The molecule has 120 valence electrons. The van der Waals surface area contributed by atoms with Gasteiger partial charge in [0.1, 0.15) is 5.54 Å². The predicted molar refractivity (Wildman–Crippen MR) is 89.7 cm³/mol. The average Bonchev–Trinajstić information content (AvgIpc) is 2.52. The summed E-state index contributed by atoms with van der Waals surface area (Å²) in [5, 5.41) is 3.66. The molecule has 4 nitrogen and oxygen atoms in total. The van der Waals surface area contributed by atoms with Gasteiger partial charge in [-0.2, -0.15) is 23.5 Å². The van der Waals surface area contributed by atoms with Crippen molar-refractivity contribution >= 4 is 29.4 Å². The molecule has 1 saturated carbocycles. The SMILES string of the molecule is CC1(C)C2OCCCC2C1(N)C(=O)NCC1CSCCS1. The van der Waals surface area contributed by atoms with Gasteiger partial charge in [0.15, 0.2) is 0 Å². The minimum atomic E-state index is -0.773. The first-order valence-electron chi connectivity index (χ1n) is 7.86. The highest BCUT2D eigenvalue weighted by Crippen LogP contribution is 2.57. The number of ether oxygens (including phenoxy) is 1. The van der Waals surface area contributed by atoms with E-state index in [9.17, 15) is 4.79 Å². The molecule has 21 heavy (non-hydrogen) atoms. The van der Waals surface area contributed by atoms with Crippen LogP contribution in [0.15, 0.2) is 0 Å². The maximum absolute atomic E-state index is 12.8. The lowest BCUT2D eigenvalue weighted by molar-refractivity contribution is -0.225. The summed E-state index contributed by atoms with van der Waals surface area (Å²) in [6, 6.07) is 0. The highest BCUT2D eigenvalue weighted by Gasteiger charge is 2.70. The first-order chi connectivity index (χ1) is 9.98. The van der Waals surface area contributed by atoms with Gasteiger partial charge < -0.3 is 15.8 Å². The van der Waals surface area contributed by atoms with Gasteiger partial charge in [-0.3, -0.25) is 4.79 Å². The van der Waals surface area contributed by atoms with Crippen molar-refractivity contribution in [1.82, 2.24) is 5.32 Å². The van der Waals surface area contributed by atoms with Gasteiger partial charge in [-0.25, -0.2) is 0 Å². The third kappa shape index (κ3) is 2.52. The van der Waals surface area contributed by atoms with E-state index in [0.29, 0.717) is 5.25 Å². The van der Waals surface area contributed by atoms with E-state index in [0.717, 1.165) is 31.7 Å². The standard InChI is InChI=1S/C15H26N2O2S2/c1-14(2)12-11(4-3-5-19-12)15(14,16)13(18)17-8-10-9-20-6-7-21-10/h10-12H,3-9,16H2,1-2H3,(H,17,18). The van der Waals surface area contributed by atoms with E-state index in [2.05, 4.69) is 19.2 Å². The van der Waals surface area contributed by atoms with Gasteiger partial charge in [-0.05, 0) is 12.8 Å². The normalized spacial score (nSPS) is 41.8. The molecule has 0 radical (unpaired) electrons. The molecule has 3 rings (SSSR count). The molecule has 1 aliphatic carbocycles. The molecule has 2 aliphatic heterocycles. The van der Waals surface area contributed by atoms with Crippen LogP contribution >= 0.6 is 23.5 Å². The summed E-state index contributed by atoms with van der Waals surface area (Å²) in [6.07, 6.45) is 2.16. The number of carbonyl (C=O) groups excluding carboxylic acids is 1. The van der Waals surface area contributed by atoms with E-state index in [4.69, 9.17) is 10.5 Å². The van der Waals surface area contributed by atoms with Gasteiger partial charge in [0.25, 0.3) is 0 Å². The summed E-state index contributed by atoms with van der Waals surface area (Å²) >= 11 is 3.94. The lowest BCUT2D eigenvalue weighted by Crippen LogP contribution is -2.82. The molecule has 4 atom stereocenters. The number of rotatable bonds is 3. The van der Waals surface area contributed by atoms with Crippen LogP contribution in [-0.2, 0) is 9.53 Å². The summed E-state index contributed by atoms with van der Waals surface area (Å²) in [5.74, 6) is 3.73. The van der Waals surface area contributed by atoms with Gasteiger partial charge in [0.05, 0.1) is 6.10 Å². The molecule has 1 amide bonds. The molecule has 4 unspecified atom stereocenters. The fourth-order valence-corrected chi connectivity index (χ4v) is 6.66. The van der Waals surface area contributed by atoms with Gasteiger partial charge in [0.2, 0.25) is 5.91 Å². The molecule has 2 heterocycles. The quantitative estimate of drug-likeness (QED) is 0.821. The maximum Gasteiger partial charge on any atom is 0.241 e. The molecule has 0 bridgehead atoms. The Bertz CT molecular complexity index is 412. The molecule has 0 spiro atoms. The average molecular weight is 331 g/mol. The summed E-state index contributed by atoms with van der Waals surface area (Å²) < 4.78 is 5.86. The first kappa shape index (κ1) is 16.0. The van der Waals surface area contributed by atoms with Crippen molar-refractivity contribution in [2.75, 3.05) is 30.4 Å². The second-order valence-corrected chi connectivity index (χ2v) is 9.47. The monoisotopic (exact) mass is 330 g/mol. The minimum Gasteiger partial charge on any atom is -0.377 e. The molecule has 0 aromatic heterocycles. The maximum atomic E-state index is 12.8. The molecule has 0 aromatic rings. The smallest absolute Gasteiger partial charge is 0.241 e. The lowest BCUT2D eigenvalue weighted by atomic mass is 9.46. The Balaban J connectivity index is 1.62. The first-order valence-corrected chi connectivity index (χ1v) is 10.1. The molecule has 0 aromatic carbocycles. The molecule has 3 fully saturated rings. The number of nitrogens with one attached hydrogen (secondary N) is 1. The van der Waals surface area contributed by atoms with Gasteiger partial charge in [-0.15, -0.1) is 0 Å². The zero-order chi connectivity index (χ0) is 15.1. The zero-order valence-electron chi connectivity index (χ0n) is 12.9. The lowest BCUT2D eigenvalue weighted by Gasteiger charge is -2.65. The second-order valence-electron chi connectivity index (χ2n) is 6.91. The Morgan fingerprint density at radius 3 is 2.95 bits per heavy atom. The fourth-order valence-electron chi connectivity index (χ4n) is 4.04. The molecule has 6 heteroatoms. The van der Waals surface area contributed by atoms with Gasteiger partial charge >= 0.3 is 0 Å². The summed E-state index contributed by atoms with van der Waals surface area (Å²) in [4.78, 5) is 12.8. The van der Waals surface area contributed by atoms with Crippen molar-refractivity contribution in [3.8, 4) is 0 Å². The third-order valence-electron chi connectivity index (χ3n) is 5.44. The minimum absolute atomic E-state index is 0.0235. The van der Waals surface area contributed by atoms with E-state index in [1.165, 1.54) is 11.5 Å². The van der Waals surface area contributed by atoms with Crippen molar-refractivity contribution in [1.29, 1.82) is 0 Å². The van der Waals surface area contributed by atoms with Crippen LogP contribution in [0.4, 0.5) is 0 Å². The van der Waals surface area contributed by atoms with Crippen molar-refractivity contribution in [3.05, 3.63) is 0 Å². The Hall–Kier alpha value is 0.0900. The van der Waals surface area contributed by atoms with E-state index in [1.54, 1.807) is 0 Å². The van der Waals surface area contributed by atoms with Crippen LogP contribution in [-0.4, -0.2) is 53.2 Å². The second kappa shape index (κ2) is 5.95. The van der Waals surface area contributed by atoms with Crippen LogP contribution in [0.3, 0.4) is 0 Å². The van der Waals surface area contributed by atoms with E-state index < -0.39 is 5.54 Å². The highest BCUT2D eigenvalue weighted by molar-refractivity contribution is 8.06. The highest BCUT2D eigenvalue weighted by atomic mass is 32.2. The van der Waals surface area contributed by atoms with Crippen LogP contribution in [0.2, 0.25) is 0 Å². The number of fused-ring (bicyclic) bond motifs is 1. The molecular formula is C15H26N2O2S2. The Kier molecular flexibility index (Phi) is 4.52. The predicted octanol–water partition coefficient (Wildman–Crippen LogP) is 1.48. The summed E-state index contributed by atoms with van der Waals surface area (Å²) in [6.45, 7) is 5.69. The van der Waals surface area contributed by atoms with Gasteiger partial charge in [0, 0.05) is 47.0 Å². The number of thioether (sulfide) groups is 2. The topological polar surface area (TPSA) is 64.3 Å². The Labute approximate surface area is 135 Å². The van der Waals surface area contributed by atoms with Crippen LogP contribution in [0, 0.1) is 11.3 Å². The van der Waals surface area contributed by atoms with E-state index in [1.807, 2.05) is 23.5 Å². The summed E-state index contributed by atoms with van der Waals surface area (Å²) in [5.41, 5.74) is 5.54. The van der Waals surface area contributed by atoms with E-state index >= 15 is 0 Å². The zero-order valence-corrected chi connectivity index (χ0v) is 14.5. The van der Waals surface area contributed by atoms with Crippen molar-refractivity contribution in [2.45, 2.75) is 43.6 Å². The molecule has 2 saturated heterocycles. The van der Waals surface area contributed by atoms with Crippen LogP contribution < -0.4 is 11.1 Å². The van der Waals surface area contributed by atoms with E-state index in [-0.39, 0.29) is 23.3 Å². The number of amides is 1. The molecule has 3 N–H and O–H groups in total. The largest absolute Gasteiger partial charge is 0.377 e. The number of nitrogens with two attached hydrogens (primary N) is 1. The molecular weight excluding hydrogens is 304 g/mol. The summed E-state index contributed by atoms with van der Waals surface area (Å²) in [7, 11) is 0. The molecule has 3 aliphatic rings. The Morgan fingerprint density at radius 1 is 1.43 bits per heavy atom. The number of hydrogen-bond acceptors (Lipinski definition) is 5. The Morgan fingerprint density at radius 2 is 2.24 bits per heavy atom. The van der Waals surface area contributed by atoms with Crippen molar-refractivity contribution in [2.24, 2.45) is 17.1 Å². The number of carbonyl (C=O) groups is 1. The fraction of sp³-hybridized carbons (Fsp3) is 0.933. The van der Waals surface area contributed by atoms with Crippen LogP contribution in [0.5, 0.6) is 0 Å². The third-order valence-corrected chi connectivity index (χ3v) is 8.28. The number of hydrogen-bond donors (Lipinski definition) is 2.